The first kappa shape index (κ1) is 14.8. The predicted octanol–water partition coefficient (Wildman–Crippen LogP) is 1.77. The first-order valence-electron chi connectivity index (χ1n) is 7.77. The zero-order chi connectivity index (χ0) is 13.6. The van der Waals surface area contributed by atoms with Gasteiger partial charge in [0.2, 0.25) is 0 Å². The molecule has 2 fully saturated rings. The first-order chi connectivity index (χ1) is 9.30. The van der Waals surface area contributed by atoms with Crippen molar-refractivity contribution in [3.63, 3.8) is 0 Å². The third kappa shape index (κ3) is 3.68. The summed E-state index contributed by atoms with van der Waals surface area (Å²) in [4.78, 5) is 2.48. The summed E-state index contributed by atoms with van der Waals surface area (Å²) in [7, 11) is 0. The van der Waals surface area contributed by atoms with E-state index in [0.717, 1.165) is 58.7 Å². The molecule has 4 heteroatoms. The molecule has 1 saturated carbocycles. The predicted molar refractivity (Wildman–Crippen MR) is 75.9 cm³/mol. The summed E-state index contributed by atoms with van der Waals surface area (Å²) in [6.07, 6.45) is 5.66. The Morgan fingerprint density at radius 2 is 2.21 bits per heavy atom. The largest absolute Gasteiger partial charge is 0.379 e. The second kappa shape index (κ2) is 7.23. The molecule has 0 amide bonds. The Hall–Kier alpha value is -0.630. The fraction of sp³-hybridized carbons (Fsp3) is 0.933. The molecule has 2 rings (SSSR count). The molecule has 1 aliphatic heterocycles. The summed E-state index contributed by atoms with van der Waals surface area (Å²) in [6.45, 7) is 8.07. The number of nitrogens with one attached hydrogen (secondary N) is 1. The molecule has 2 atom stereocenters. The van der Waals surface area contributed by atoms with Gasteiger partial charge in [0, 0.05) is 13.1 Å². The van der Waals surface area contributed by atoms with Gasteiger partial charge >= 0.3 is 0 Å². The van der Waals surface area contributed by atoms with Crippen molar-refractivity contribution in [3.05, 3.63) is 0 Å². The molecular formula is C15H27N3O. The number of morpholine rings is 1. The second-order valence-electron chi connectivity index (χ2n) is 5.84. The molecule has 2 aliphatic rings. The molecule has 0 aromatic heterocycles. The molecule has 0 aromatic rings. The minimum absolute atomic E-state index is 0.248. The molecule has 4 nitrogen and oxygen atoms in total. The van der Waals surface area contributed by atoms with Gasteiger partial charge in [-0.15, -0.1) is 0 Å². The van der Waals surface area contributed by atoms with Gasteiger partial charge in [0.05, 0.1) is 19.3 Å². The van der Waals surface area contributed by atoms with E-state index in [4.69, 9.17) is 4.74 Å². The van der Waals surface area contributed by atoms with Gasteiger partial charge in [-0.3, -0.25) is 10.2 Å². The normalized spacial score (nSPS) is 32.3. The third-order valence-electron chi connectivity index (χ3n) is 4.61. The maximum absolute atomic E-state index is 9.60. The Labute approximate surface area is 117 Å². The second-order valence-corrected chi connectivity index (χ2v) is 5.84. The van der Waals surface area contributed by atoms with E-state index in [2.05, 4.69) is 23.2 Å². The van der Waals surface area contributed by atoms with Crippen LogP contribution in [0.25, 0.3) is 0 Å². The average Bonchev–Trinajstić information content (AvgIpc) is 2.87. The fourth-order valence-corrected chi connectivity index (χ4v) is 3.40. The summed E-state index contributed by atoms with van der Waals surface area (Å²) in [5, 5.41) is 13.1. The highest BCUT2D eigenvalue weighted by Gasteiger charge is 2.42. The van der Waals surface area contributed by atoms with Crippen LogP contribution in [0.1, 0.15) is 39.0 Å². The molecule has 0 spiro atoms. The highest BCUT2D eigenvalue weighted by Crippen LogP contribution is 2.37. The molecule has 108 valence electrons. The van der Waals surface area contributed by atoms with Crippen molar-refractivity contribution in [1.29, 1.82) is 5.26 Å². The van der Waals surface area contributed by atoms with Gasteiger partial charge in [0.1, 0.15) is 5.54 Å². The summed E-state index contributed by atoms with van der Waals surface area (Å²) < 4.78 is 5.38. The van der Waals surface area contributed by atoms with Crippen molar-refractivity contribution in [2.45, 2.75) is 44.6 Å². The topological polar surface area (TPSA) is 48.3 Å². The molecule has 0 bridgehead atoms. The van der Waals surface area contributed by atoms with Gasteiger partial charge in [-0.05, 0) is 44.7 Å². The van der Waals surface area contributed by atoms with E-state index >= 15 is 0 Å². The van der Waals surface area contributed by atoms with Gasteiger partial charge in [-0.1, -0.05) is 13.3 Å². The quantitative estimate of drug-likeness (QED) is 0.795. The van der Waals surface area contributed by atoms with Crippen LogP contribution in [0, 0.1) is 17.2 Å². The van der Waals surface area contributed by atoms with E-state index in [0.29, 0.717) is 5.92 Å². The summed E-state index contributed by atoms with van der Waals surface area (Å²) in [5.41, 5.74) is -0.248. The Kier molecular flexibility index (Phi) is 5.62. The number of hydrogen-bond donors (Lipinski definition) is 1. The highest BCUT2D eigenvalue weighted by atomic mass is 16.5. The molecule has 1 saturated heterocycles. The average molecular weight is 265 g/mol. The van der Waals surface area contributed by atoms with Crippen LogP contribution in [0.4, 0.5) is 0 Å². The number of nitriles is 1. The standard InChI is InChI=1S/C15H27N3O/c1-2-7-17-15(13-16)6-3-4-14(15)5-8-18-9-11-19-12-10-18/h14,17H,2-12H2,1H3. The number of rotatable bonds is 6. The molecular weight excluding hydrogens is 238 g/mol. The molecule has 1 N–H and O–H groups in total. The fourth-order valence-electron chi connectivity index (χ4n) is 3.40. The van der Waals surface area contributed by atoms with Crippen LogP contribution in [0.3, 0.4) is 0 Å². The first-order valence-corrected chi connectivity index (χ1v) is 7.77. The Morgan fingerprint density at radius 3 is 2.89 bits per heavy atom. The minimum Gasteiger partial charge on any atom is -0.379 e. The molecule has 1 aliphatic carbocycles. The molecule has 0 aromatic carbocycles. The third-order valence-corrected chi connectivity index (χ3v) is 4.61. The van der Waals surface area contributed by atoms with Crippen molar-refractivity contribution < 1.29 is 4.74 Å². The van der Waals surface area contributed by atoms with Crippen molar-refractivity contribution >= 4 is 0 Å². The van der Waals surface area contributed by atoms with E-state index in [1.807, 2.05) is 0 Å². The van der Waals surface area contributed by atoms with Crippen molar-refractivity contribution in [1.82, 2.24) is 10.2 Å². The van der Waals surface area contributed by atoms with E-state index in [1.165, 1.54) is 12.8 Å². The van der Waals surface area contributed by atoms with Crippen LogP contribution >= 0.6 is 0 Å². The van der Waals surface area contributed by atoms with Crippen molar-refractivity contribution in [2.24, 2.45) is 5.92 Å². The lowest BCUT2D eigenvalue weighted by molar-refractivity contribution is 0.0343. The van der Waals surface area contributed by atoms with Gasteiger partial charge in [0.15, 0.2) is 0 Å². The van der Waals surface area contributed by atoms with E-state index in [-0.39, 0.29) is 5.54 Å². The van der Waals surface area contributed by atoms with Gasteiger partial charge in [0.25, 0.3) is 0 Å². The minimum atomic E-state index is -0.248. The van der Waals surface area contributed by atoms with Crippen LogP contribution in [0.15, 0.2) is 0 Å². The Bertz CT molecular complexity index is 309. The molecule has 2 unspecified atom stereocenters. The lowest BCUT2D eigenvalue weighted by Gasteiger charge is -2.33. The van der Waals surface area contributed by atoms with Crippen LogP contribution in [0.2, 0.25) is 0 Å². The summed E-state index contributed by atoms with van der Waals surface area (Å²) in [5.74, 6) is 0.520. The van der Waals surface area contributed by atoms with E-state index < -0.39 is 0 Å². The van der Waals surface area contributed by atoms with Crippen molar-refractivity contribution in [3.8, 4) is 6.07 Å². The number of hydrogen-bond acceptors (Lipinski definition) is 4. The summed E-state index contributed by atoms with van der Waals surface area (Å²) in [6, 6.07) is 2.60. The Morgan fingerprint density at radius 1 is 1.42 bits per heavy atom. The SMILES string of the molecule is CCCNC1(C#N)CCCC1CCN1CCOCC1. The van der Waals surface area contributed by atoms with Crippen LogP contribution in [-0.4, -0.2) is 49.8 Å². The summed E-state index contributed by atoms with van der Waals surface area (Å²) >= 11 is 0. The van der Waals surface area contributed by atoms with Gasteiger partial charge < -0.3 is 4.74 Å². The number of ether oxygens (including phenoxy) is 1. The van der Waals surface area contributed by atoms with Crippen LogP contribution in [0.5, 0.6) is 0 Å². The van der Waals surface area contributed by atoms with E-state index in [1.54, 1.807) is 0 Å². The number of nitrogens with zero attached hydrogens (tertiary/aromatic N) is 2. The molecule has 0 radical (unpaired) electrons. The zero-order valence-corrected chi connectivity index (χ0v) is 12.2. The monoisotopic (exact) mass is 265 g/mol. The van der Waals surface area contributed by atoms with Gasteiger partial charge in [-0.25, -0.2) is 0 Å². The molecule has 19 heavy (non-hydrogen) atoms. The zero-order valence-electron chi connectivity index (χ0n) is 12.2. The molecule has 1 heterocycles. The lowest BCUT2D eigenvalue weighted by Crippen LogP contribution is -2.48. The smallest absolute Gasteiger partial charge is 0.109 e. The van der Waals surface area contributed by atoms with E-state index in [9.17, 15) is 5.26 Å². The van der Waals surface area contributed by atoms with Crippen LogP contribution in [-0.2, 0) is 4.74 Å². The van der Waals surface area contributed by atoms with Crippen molar-refractivity contribution in [2.75, 3.05) is 39.4 Å². The lowest BCUT2D eigenvalue weighted by atomic mass is 9.85. The Balaban J connectivity index is 1.84. The maximum atomic E-state index is 9.60. The van der Waals surface area contributed by atoms with Crippen LogP contribution < -0.4 is 5.32 Å². The highest BCUT2D eigenvalue weighted by molar-refractivity contribution is 5.14. The van der Waals surface area contributed by atoms with Gasteiger partial charge in [-0.2, -0.15) is 5.26 Å². The maximum Gasteiger partial charge on any atom is 0.109 e.